The predicted octanol–water partition coefficient (Wildman–Crippen LogP) is 2.28. The van der Waals surface area contributed by atoms with Crippen LogP contribution in [0.25, 0.3) is 0 Å². The molecule has 0 atom stereocenters. The fourth-order valence-corrected chi connectivity index (χ4v) is 2.86. The lowest BCUT2D eigenvalue weighted by Gasteiger charge is -2.06. The van der Waals surface area contributed by atoms with Gasteiger partial charge in [-0.15, -0.1) is 0 Å². The van der Waals surface area contributed by atoms with Crippen molar-refractivity contribution in [2.45, 2.75) is 0 Å². The highest BCUT2D eigenvalue weighted by Gasteiger charge is 2.15. The van der Waals surface area contributed by atoms with Crippen LogP contribution in [-0.4, -0.2) is 25.5 Å². The van der Waals surface area contributed by atoms with Crippen LogP contribution in [0.1, 0.15) is 9.67 Å². The highest BCUT2D eigenvalue weighted by atomic mass is 32.2. The zero-order valence-corrected chi connectivity index (χ0v) is 12.9. The van der Waals surface area contributed by atoms with Gasteiger partial charge in [0.1, 0.15) is 0 Å². The van der Waals surface area contributed by atoms with E-state index in [4.69, 9.17) is 0 Å². The number of amides is 1. The van der Waals surface area contributed by atoms with Gasteiger partial charge in [0.25, 0.3) is 5.91 Å². The number of nitrogens with zero attached hydrogens (tertiary/aromatic N) is 1. The van der Waals surface area contributed by atoms with Gasteiger partial charge in [-0.05, 0) is 30.3 Å². The fraction of sp³-hybridized carbons (Fsp3) is 0.0833. The summed E-state index contributed by atoms with van der Waals surface area (Å²) < 4.78 is 24.4. The summed E-state index contributed by atoms with van der Waals surface area (Å²) in [6.07, 6.45) is 1.03. The Morgan fingerprint density at radius 3 is 2.23 bits per heavy atom. The number of carbonyl (C=O) groups excluding carboxylic acids is 1. The molecule has 116 valence electrons. The first-order chi connectivity index (χ1) is 10.2. The van der Waals surface area contributed by atoms with Crippen LogP contribution < -0.4 is 10.0 Å². The smallest absolute Gasteiger partial charge is 0.321 e. The second-order valence-electron chi connectivity index (χ2n) is 4.30. The minimum Gasteiger partial charge on any atom is -0.321 e. The van der Waals surface area contributed by atoms with Gasteiger partial charge < -0.3 is 5.32 Å². The zero-order valence-electron chi connectivity index (χ0n) is 11.3. The highest BCUT2D eigenvalue weighted by Crippen LogP contribution is 2.25. The Morgan fingerprint density at radius 2 is 1.73 bits per heavy atom. The van der Waals surface area contributed by atoms with Crippen molar-refractivity contribution in [2.24, 2.45) is 0 Å². The number of carbonyl (C=O) groups is 1. The van der Waals surface area contributed by atoms with Crippen molar-refractivity contribution in [3.63, 3.8) is 0 Å². The van der Waals surface area contributed by atoms with Crippen molar-refractivity contribution in [1.82, 2.24) is 0 Å². The van der Waals surface area contributed by atoms with Gasteiger partial charge >= 0.3 is 5.00 Å². The maximum absolute atomic E-state index is 11.9. The lowest BCUT2D eigenvalue weighted by molar-refractivity contribution is -0.380. The van der Waals surface area contributed by atoms with Crippen molar-refractivity contribution in [1.29, 1.82) is 0 Å². The van der Waals surface area contributed by atoms with Crippen molar-refractivity contribution in [2.75, 3.05) is 16.3 Å². The molecule has 0 radical (unpaired) electrons. The number of thiophene rings is 1. The summed E-state index contributed by atoms with van der Waals surface area (Å²) in [6, 6.07) is 8.67. The number of nitrogens with one attached hydrogen (secondary N) is 2. The molecule has 0 unspecified atom stereocenters. The summed E-state index contributed by atoms with van der Waals surface area (Å²) in [5, 5.41) is 13.0. The van der Waals surface area contributed by atoms with Crippen molar-refractivity contribution in [3.05, 3.63) is 51.4 Å². The summed E-state index contributed by atoms with van der Waals surface area (Å²) >= 11 is 0.777. The normalized spacial score (nSPS) is 11.0. The number of hydrogen-bond donors (Lipinski definition) is 2. The number of sulfonamides is 1. The second kappa shape index (κ2) is 6.12. The predicted molar refractivity (Wildman–Crippen MR) is 83.8 cm³/mol. The number of benzene rings is 1. The third kappa shape index (κ3) is 4.27. The molecule has 0 aliphatic heterocycles. The summed E-state index contributed by atoms with van der Waals surface area (Å²) in [5.41, 5.74) is 0.812. The molecule has 0 bridgehead atoms. The van der Waals surface area contributed by atoms with Crippen LogP contribution in [0.5, 0.6) is 0 Å². The van der Waals surface area contributed by atoms with Gasteiger partial charge in [-0.2, -0.15) is 0 Å². The van der Waals surface area contributed by atoms with Gasteiger partial charge in [-0.3, -0.25) is 19.6 Å². The first-order valence-corrected chi connectivity index (χ1v) is 8.59. The average Bonchev–Trinajstić information content (AvgIpc) is 2.89. The van der Waals surface area contributed by atoms with Gasteiger partial charge in [0.05, 0.1) is 16.1 Å². The van der Waals surface area contributed by atoms with E-state index < -0.39 is 20.9 Å². The molecule has 0 saturated carbocycles. The molecule has 0 fully saturated rings. The second-order valence-corrected chi connectivity index (χ2v) is 7.11. The van der Waals surface area contributed by atoms with Gasteiger partial charge in [-0.1, -0.05) is 11.3 Å². The van der Waals surface area contributed by atoms with Gasteiger partial charge in [0.2, 0.25) is 10.0 Å². The van der Waals surface area contributed by atoms with E-state index in [0.717, 1.165) is 17.6 Å². The molecule has 10 heteroatoms. The Bertz CT molecular complexity index is 812. The molecule has 1 heterocycles. The Morgan fingerprint density at radius 1 is 1.14 bits per heavy atom. The van der Waals surface area contributed by atoms with E-state index in [1.807, 2.05) is 0 Å². The first kappa shape index (κ1) is 15.9. The molecule has 0 aliphatic rings. The SMILES string of the molecule is CS(=O)(=O)Nc1ccc(NC(=O)c2ccc([N+](=O)[O-])s2)cc1. The summed E-state index contributed by atoms with van der Waals surface area (Å²) in [5.74, 6) is -0.470. The maximum Gasteiger partial charge on any atom is 0.324 e. The molecule has 0 saturated heterocycles. The van der Waals surface area contributed by atoms with E-state index in [9.17, 15) is 23.3 Å². The summed E-state index contributed by atoms with van der Waals surface area (Å²) in [7, 11) is -3.36. The van der Waals surface area contributed by atoms with Crippen LogP contribution in [0.2, 0.25) is 0 Å². The summed E-state index contributed by atoms with van der Waals surface area (Å²) in [4.78, 5) is 22.2. The van der Waals surface area contributed by atoms with Gasteiger partial charge in [-0.25, -0.2) is 8.42 Å². The third-order valence-corrected chi connectivity index (χ3v) is 4.08. The monoisotopic (exact) mass is 341 g/mol. The molecular formula is C12H11N3O5S2. The number of anilines is 2. The molecule has 2 aromatic rings. The lowest BCUT2D eigenvalue weighted by Crippen LogP contribution is -2.11. The van der Waals surface area contributed by atoms with Crippen LogP contribution in [-0.2, 0) is 10.0 Å². The Hall–Kier alpha value is -2.46. The highest BCUT2D eigenvalue weighted by molar-refractivity contribution is 7.92. The minimum absolute atomic E-state index is 0.113. The largest absolute Gasteiger partial charge is 0.324 e. The Kier molecular flexibility index (Phi) is 4.43. The van der Waals surface area contributed by atoms with Crippen molar-refractivity contribution >= 4 is 43.6 Å². The molecule has 0 aliphatic carbocycles. The number of hydrogen-bond acceptors (Lipinski definition) is 6. The quantitative estimate of drug-likeness (QED) is 0.639. The molecule has 2 rings (SSSR count). The first-order valence-electron chi connectivity index (χ1n) is 5.88. The van der Waals surface area contributed by atoms with Gasteiger partial charge in [0.15, 0.2) is 0 Å². The van der Waals surface area contributed by atoms with E-state index in [1.165, 1.54) is 36.4 Å². The van der Waals surface area contributed by atoms with Gasteiger partial charge in [0, 0.05) is 17.4 Å². The maximum atomic E-state index is 11.9. The van der Waals surface area contributed by atoms with E-state index in [-0.39, 0.29) is 9.88 Å². The van der Waals surface area contributed by atoms with Crippen molar-refractivity contribution in [3.8, 4) is 0 Å². The number of nitro groups is 1. The molecule has 2 N–H and O–H groups in total. The van der Waals surface area contributed by atoms with Crippen LogP contribution in [0.4, 0.5) is 16.4 Å². The van der Waals surface area contributed by atoms with E-state index >= 15 is 0 Å². The lowest BCUT2D eigenvalue weighted by atomic mass is 10.3. The van der Waals surface area contributed by atoms with Crippen LogP contribution in [0.15, 0.2) is 36.4 Å². The molecule has 0 spiro atoms. The minimum atomic E-state index is -3.36. The van der Waals surface area contributed by atoms with E-state index in [0.29, 0.717) is 11.4 Å². The molecule has 22 heavy (non-hydrogen) atoms. The molecule has 1 aromatic carbocycles. The molecule has 8 nitrogen and oxygen atoms in total. The standard InChI is InChI=1S/C12H11N3O5S2/c1-22(19,20)14-9-4-2-8(3-5-9)13-12(16)10-6-7-11(21-10)15(17)18/h2-7,14H,1H3,(H,13,16). The fourth-order valence-electron chi connectivity index (χ4n) is 1.58. The summed E-state index contributed by atoms with van der Waals surface area (Å²) in [6.45, 7) is 0. The van der Waals surface area contributed by atoms with Crippen LogP contribution in [0.3, 0.4) is 0 Å². The van der Waals surface area contributed by atoms with E-state index in [2.05, 4.69) is 10.0 Å². The van der Waals surface area contributed by atoms with Crippen LogP contribution >= 0.6 is 11.3 Å². The van der Waals surface area contributed by atoms with E-state index in [1.54, 1.807) is 0 Å². The average molecular weight is 341 g/mol. The molecule has 1 amide bonds. The number of rotatable bonds is 5. The Balaban J connectivity index is 2.06. The molecular weight excluding hydrogens is 330 g/mol. The third-order valence-electron chi connectivity index (χ3n) is 2.44. The topological polar surface area (TPSA) is 118 Å². The van der Waals surface area contributed by atoms with Crippen LogP contribution in [0, 0.1) is 10.1 Å². The Labute approximate surface area is 130 Å². The zero-order chi connectivity index (χ0) is 16.3. The van der Waals surface area contributed by atoms with Crippen molar-refractivity contribution < 1.29 is 18.1 Å². The molecule has 1 aromatic heterocycles.